The molecule has 2 aromatic rings. The molecule has 0 atom stereocenters. The molecule has 0 aliphatic carbocycles. The Morgan fingerprint density at radius 2 is 2.05 bits per heavy atom. The van der Waals surface area contributed by atoms with Gasteiger partial charge in [0.15, 0.2) is 0 Å². The van der Waals surface area contributed by atoms with Crippen LogP contribution in [0.15, 0.2) is 36.7 Å². The Kier molecular flexibility index (Phi) is 4.79. The molecule has 0 saturated heterocycles. The average Bonchev–Trinajstić information content (AvgIpc) is 2.82. The van der Waals surface area contributed by atoms with Gasteiger partial charge < -0.3 is 10.3 Å². The summed E-state index contributed by atoms with van der Waals surface area (Å²) in [5, 5.41) is 0. The number of aryl methyl sites for hydroxylation is 1. The number of anilines is 1. The van der Waals surface area contributed by atoms with Crippen LogP contribution in [0.1, 0.15) is 25.2 Å². The fourth-order valence-electron chi connectivity index (χ4n) is 2.29. The molecule has 0 unspecified atom stereocenters. The van der Waals surface area contributed by atoms with E-state index in [0.717, 1.165) is 31.1 Å². The van der Waals surface area contributed by atoms with E-state index in [1.807, 2.05) is 37.5 Å². The number of nitrogen functional groups attached to an aromatic ring is 1. The number of hydrogen-bond acceptors (Lipinski definition) is 3. The molecule has 0 spiro atoms. The molecule has 0 saturated carbocycles. The highest BCUT2D eigenvalue weighted by atomic mass is 15.2. The Morgan fingerprint density at radius 1 is 1.30 bits per heavy atom. The molecule has 0 radical (unpaired) electrons. The molecule has 1 aromatic carbocycles. The van der Waals surface area contributed by atoms with E-state index in [4.69, 9.17) is 5.73 Å². The lowest BCUT2D eigenvalue weighted by molar-refractivity contribution is 0.204. The van der Waals surface area contributed by atoms with Gasteiger partial charge in [0.2, 0.25) is 0 Å². The van der Waals surface area contributed by atoms with Gasteiger partial charge in [-0.05, 0) is 32.4 Å². The van der Waals surface area contributed by atoms with Crippen molar-refractivity contribution in [1.82, 2.24) is 14.5 Å². The lowest BCUT2D eigenvalue weighted by Crippen LogP contribution is -2.33. The molecule has 1 aromatic heterocycles. The van der Waals surface area contributed by atoms with Crippen molar-refractivity contribution in [3.05, 3.63) is 48.0 Å². The van der Waals surface area contributed by atoms with Gasteiger partial charge in [0, 0.05) is 43.8 Å². The lowest BCUT2D eigenvalue weighted by atomic mass is 10.1. The van der Waals surface area contributed by atoms with Crippen molar-refractivity contribution in [1.29, 1.82) is 0 Å². The predicted molar refractivity (Wildman–Crippen MR) is 83.4 cm³/mol. The maximum atomic E-state index is 6.04. The van der Waals surface area contributed by atoms with Crippen molar-refractivity contribution in [2.45, 2.75) is 39.9 Å². The highest BCUT2D eigenvalue weighted by Gasteiger charge is 2.12. The molecular formula is C16H24N4. The molecule has 2 rings (SSSR count). The van der Waals surface area contributed by atoms with Crippen LogP contribution < -0.4 is 5.73 Å². The molecule has 2 N–H and O–H groups in total. The van der Waals surface area contributed by atoms with Gasteiger partial charge in [-0.15, -0.1) is 0 Å². The first-order valence-electron chi connectivity index (χ1n) is 7.13. The Balaban J connectivity index is 2.01. The first kappa shape index (κ1) is 14.6. The van der Waals surface area contributed by atoms with Gasteiger partial charge >= 0.3 is 0 Å². The highest BCUT2D eigenvalue weighted by Crippen LogP contribution is 2.15. The van der Waals surface area contributed by atoms with Gasteiger partial charge in [-0.3, -0.25) is 4.90 Å². The molecule has 4 heteroatoms. The van der Waals surface area contributed by atoms with Crippen LogP contribution in [-0.2, 0) is 13.1 Å². The number of rotatable bonds is 6. The van der Waals surface area contributed by atoms with Crippen LogP contribution in [0.25, 0.3) is 0 Å². The van der Waals surface area contributed by atoms with E-state index in [0.29, 0.717) is 6.04 Å². The molecule has 0 bridgehead atoms. The van der Waals surface area contributed by atoms with Crippen LogP contribution >= 0.6 is 0 Å². The standard InChI is InChI=1S/C16H24N4/c1-13(2)20(11-10-19-9-8-18-14(19)3)12-15-6-4-5-7-16(15)17/h4-9,13H,10-12,17H2,1-3H3. The zero-order valence-corrected chi connectivity index (χ0v) is 12.6. The van der Waals surface area contributed by atoms with Crippen molar-refractivity contribution >= 4 is 5.69 Å². The molecule has 108 valence electrons. The summed E-state index contributed by atoms with van der Waals surface area (Å²) in [7, 11) is 0. The summed E-state index contributed by atoms with van der Waals surface area (Å²) in [6.07, 6.45) is 3.88. The van der Waals surface area contributed by atoms with Crippen molar-refractivity contribution in [2.24, 2.45) is 0 Å². The number of hydrogen-bond donors (Lipinski definition) is 1. The summed E-state index contributed by atoms with van der Waals surface area (Å²) in [6, 6.07) is 8.58. The van der Waals surface area contributed by atoms with Crippen molar-refractivity contribution < 1.29 is 0 Å². The summed E-state index contributed by atoms with van der Waals surface area (Å²) in [5.74, 6) is 1.06. The quantitative estimate of drug-likeness (QED) is 0.822. The number of imidazole rings is 1. The lowest BCUT2D eigenvalue weighted by Gasteiger charge is -2.27. The third kappa shape index (κ3) is 3.61. The molecule has 4 nitrogen and oxygen atoms in total. The fraction of sp³-hybridized carbons (Fsp3) is 0.438. The number of para-hydroxylation sites is 1. The first-order valence-corrected chi connectivity index (χ1v) is 7.13. The second-order valence-corrected chi connectivity index (χ2v) is 5.43. The summed E-state index contributed by atoms with van der Waals surface area (Å²) < 4.78 is 2.18. The Morgan fingerprint density at radius 3 is 2.65 bits per heavy atom. The van der Waals surface area contributed by atoms with Gasteiger partial charge in [0.05, 0.1) is 0 Å². The van der Waals surface area contributed by atoms with Crippen molar-refractivity contribution in [3.8, 4) is 0 Å². The topological polar surface area (TPSA) is 47.1 Å². The van der Waals surface area contributed by atoms with Crippen LogP contribution in [0.4, 0.5) is 5.69 Å². The van der Waals surface area contributed by atoms with Crippen LogP contribution in [0.2, 0.25) is 0 Å². The van der Waals surface area contributed by atoms with Crippen LogP contribution in [-0.4, -0.2) is 27.0 Å². The summed E-state index contributed by atoms with van der Waals surface area (Å²) >= 11 is 0. The monoisotopic (exact) mass is 272 g/mol. The van der Waals surface area contributed by atoms with Crippen LogP contribution in [0.5, 0.6) is 0 Å². The minimum absolute atomic E-state index is 0.485. The summed E-state index contributed by atoms with van der Waals surface area (Å²) in [6.45, 7) is 9.31. The Hall–Kier alpha value is -1.81. The van der Waals surface area contributed by atoms with Gasteiger partial charge in [-0.1, -0.05) is 18.2 Å². The van der Waals surface area contributed by atoms with E-state index >= 15 is 0 Å². The molecule has 0 aliphatic heterocycles. The molecule has 0 aliphatic rings. The maximum absolute atomic E-state index is 6.04. The normalized spacial score (nSPS) is 11.4. The third-order valence-corrected chi connectivity index (χ3v) is 3.71. The van der Waals surface area contributed by atoms with Crippen molar-refractivity contribution in [2.75, 3.05) is 12.3 Å². The summed E-state index contributed by atoms with van der Waals surface area (Å²) in [4.78, 5) is 6.70. The molecule has 0 amide bonds. The predicted octanol–water partition coefficient (Wildman–Crippen LogP) is 2.68. The van der Waals surface area contributed by atoms with Crippen LogP contribution in [0.3, 0.4) is 0 Å². The largest absolute Gasteiger partial charge is 0.398 e. The van der Waals surface area contributed by atoms with Gasteiger partial charge in [-0.25, -0.2) is 4.98 Å². The smallest absolute Gasteiger partial charge is 0.105 e. The third-order valence-electron chi connectivity index (χ3n) is 3.71. The number of benzene rings is 1. The second-order valence-electron chi connectivity index (χ2n) is 5.43. The van der Waals surface area contributed by atoms with E-state index < -0.39 is 0 Å². The zero-order valence-electron chi connectivity index (χ0n) is 12.6. The minimum atomic E-state index is 0.485. The number of nitrogens with two attached hydrogens (primary N) is 1. The van der Waals surface area contributed by atoms with E-state index in [1.165, 1.54) is 5.56 Å². The Bertz CT molecular complexity index is 545. The zero-order chi connectivity index (χ0) is 14.5. The van der Waals surface area contributed by atoms with Crippen molar-refractivity contribution in [3.63, 3.8) is 0 Å². The van der Waals surface area contributed by atoms with E-state index in [9.17, 15) is 0 Å². The molecule has 20 heavy (non-hydrogen) atoms. The molecule has 1 heterocycles. The molecule has 0 fully saturated rings. The second kappa shape index (κ2) is 6.57. The SMILES string of the molecule is Cc1nccn1CCN(Cc1ccccc1N)C(C)C. The van der Waals surface area contributed by atoms with E-state index in [-0.39, 0.29) is 0 Å². The van der Waals surface area contributed by atoms with Gasteiger partial charge in [0.1, 0.15) is 5.82 Å². The number of aromatic nitrogens is 2. The molecular weight excluding hydrogens is 248 g/mol. The van der Waals surface area contributed by atoms with E-state index in [2.05, 4.69) is 34.4 Å². The maximum Gasteiger partial charge on any atom is 0.105 e. The highest BCUT2D eigenvalue weighted by molar-refractivity contribution is 5.46. The van der Waals surface area contributed by atoms with Crippen LogP contribution in [0, 0.1) is 6.92 Å². The van der Waals surface area contributed by atoms with Gasteiger partial charge in [-0.2, -0.15) is 0 Å². The minimum Gasteiger partial charge on any atom is -0.398 e. The average molecular weight is 272 g/mol. The van der Waals surface area contributed by atoms with E-state index in [1.54, 1.807) is 0 Å². The first-order chi connectivity index (χ1) is 9.58. The fourth-order valence-corrected chi connectivity index (χ4v) is 2.29. The number of nitrogens with zero attached hydrogens (tertiary/aromatic N) is 3. The summed E-state index contributed by atoms with van der Waals surface area (Å²) in [5.41, 5.74) is 8.11. The Labute approximate surface area is 121 Å². The van der Waals surface area contributed by atoms with Gasteiger partial charge in [0.25, 0.3) is 0 Å².